The Morgan fingerprint density at radius 2 is 1.79 bits per heavy atom. The zero-order chi connectivity index (χ0) is 16.7. The van der Waals surface area contributed by atoms with Crippen LogP contribution in [0, 0.1) is 6.92 Å². The van der Waals surface area contributed by atoms with Crippen molar-refractivity contribution in [3.8, 4) is 0 Å². The van der Waals surface area contributed by atoms with Gasteiger partial charge in [-0.1, -0.05) is 23.7 Å². The van der Waals surface area contributed by atoms with E-state index in [-0.39, 0.29) is 5.56 Å². The molecule has 6 heteroatoms. The number of nitrogens with zero attached hydrogens (tertiary/aromatic N) is 4. The summed E-state index contributed by atoms with van der Waals surface area (Å²) in [7, 11) is 0. The fourth-order valence-electron chi connectivity index (χ4n) is 2.68. The molecule has 0 amide bonds. The predicted molar refractivity (Wildman–Crippen MR) is 94.4 cm³/mol. The Kier molecular flexibility index (Phi) is 3.50. The van der Waals surface area contributed by atoms with E-state index in [0.29, 0.717) is 22.5 Å². The maximum atomic E-state index is 12.7. The van der Waals surface area contributed by atoms with Gasteiger partial charge in [0.25, 0.3) is 5.56 Å². The molecule has 0 unspecified atom stereocenters. The van der Waals surface area contributed by atoms with Crippen molar-refractivity contribution in [3.05, 3.63) is 75.6 Å². The molecule has 0 fully saturated rings. The molecule has 0 bridgehead atoms. The van der Waals surface area contributed by atoms with Gasteiger partial charge in [0.05, 0.1) is 46.2 Å². The molecule has 0 saturated heterocycles. The first-order chi connectivity index (χ1) is 11.6. The Labute approximate surface area is 142 Å². The fourth-order valence-corrected chi connectivity index (χ4v) is 2.85. The maximum Gasteiger partial charge on any atom is 0.261 e. The van der Waals surface area contributed by atoms with Gasteiger partial charge in [-0.05, 0) is 37.3 Å². The van der Waals surface area contributed by atoms with E-state index in [4.69, 9.17) is 11.6 Å². The summed E-state index contributed by atoms with van der Waals surface area (Å²) in [5.74, 6) is 0. The first-order valence-corrected chi connectivity index (χ1v) is 7.86. The Morgan fingerprint density at radius 3 is 2.58 bits per heavy atom. The van der Waals surface area contributed by atoms with E-state index in [9.17, 15) is 4.79 Å². The van der Waals surface area contributed by atoms with E-state index < -0.39 is 0 Å². The van der Waals surface area contributed by atoms with E-state index in [1.807, 2.05) is 31.2 Å². The molecule has 0 spiro atoms. The molecule has 0 aliphatic rings. The molecule has 0 aliphatic carbocycles. The van der Waals surface area contributed by atoms with Gasteiger partial charge in [0.2, 0.25) is 0 Å². The largest absolute Gasteiger partial charge is 0.293 e. The molecule has 0 N–H and O–H groups in total. The van der Waals surface area contributed by atoms with Crippen molar-refractivity contribution < 1.29 is 0 Å². The lowest BCUT2D eigenvalue weighted by Crippen LogP contribution is -2.22. The first kappa shape index (κ1) is 14.8. The summed E-state index contributed by atoms with van der Waals surface area (Å²) in [6.07, 6.45) is 1.53. The SMILES string of the molecule is Cc1nc2ccccc2nc1Cn1cnc2cc(Cl)ccc2c1=O. The third-order valence-corrected chi connectivity index (χ3v) is 4.19. The lowest BCUT2D eigenvalue weighted by atomic mass is 10.2. The highest BCUT2D eigenvalue weighted by Gasteiger charge is 2.09. The number of rotatable bonds is 2. The van der Waals surface area contributed by atoms with Crippen molar-refractivity contribution in [2.75, 3.05) is 0 Å². The lowest BCUT2D eigenvalue weighted by Gasteiger charge is -2.09. The van der Waals surface area contributed by atoms with Crippen LogP contribution in [0.1, 0.15) is 11.4 Å². The molecule has 4 rings (SSSR count). The molecule has 4 aromatic rings. The van der Waals surface area contributed by atoms with Crippen molar-refractivity contribution in [3.63, 3.8) is 0 Å². The average molecular weight is 337 g/mol. The molecule has 0 atom stereocenters. The van der Waals surface area contributed by atoms with Crippen LogP contribution in [0.4, 0.5) is 0 Å². The van der Waals surface area contributed by atoms with Gasteiger partial charge in [0, 0.05) is 5.02 Å². The van der Waals surface area contributed by atoms with Crippen LogP contribution in [0.2, 0.25) is 5.02 Å². The Hall–Kier alpha value is -2.79. The van der Waals surface area contributed by atoms with Gasteiger partial charge in [-0.25, -0.2) is 15.0 Å². The molecule has 0 saturated carbocycles. The maximum absolute atomic E-state index is 12.7. The van der Waals surface area contributed by atoms with Gasteiger partial charge < -0.3 is 0 Å². The van der Waals surface area contributed by atoms with Gasteiger partial charge >= 0.3 is 0 Å². The van der Waals surface area contributed by atoms with Gasteiger partial charge in [-0.15, -0.1) is 0 Å². The summed E-state index contributed by atoms with van der Waals surface area (Å²) in [4.78, 5) is 26.2. The second kappa shape index (κ2) is 5.69. The summed E-state index contributed by atoms with van der Waals surface area (Å²) >= 11 is 5.95. The number of fused-ring (bicyclic) bond motifs is 2. The third-order valence-electron chi connectivity index (χ3n) is 3.95. The van der Waals surface area contributed by atoms with E-state index in [2.05, 4.69) is 15.0 Å². The normalized spacial score (nSPS) is 11.2. The molecular formula is C18H13ClN4O. The average Bonchev–Trinajstić information content (AvgIpc) is 2.58. The number of benzene rings is 2. The van der Waals surface area contributed by atoms with Crippen LogP contribution in [-0.2, 0) is 6.54 Å². The summed E-state index contributed by atoms with van der Waals surface area (Å²) in [5, 5.41) is 1.09. The van der Waals surface area contributed by atoms with Crippen LogP contribution in [0.25, 0.3) is 21.9 Å². The second-order valence-corrected chi connectivity index (χ2v) is 6.02. The van der Waals surface area contributed by atoms with Gasteiger partial charge in [-0.2, -0.15) is 0 Å². The number of hydrogen-bond donors (Lipinski definition) is 0. The highest BCUT2D eigenvalue weighted by Crippen LogP contribution is 2.15. The number of aryl methyl sites for hydroxylation is 1. The molecular weight excluding hydrogens is 324 g/mol. The van der Waals surface area contributed by atoms with Crippen LogP contribution in [-0.4, -0.2) is 19.5 Å². The van der Waals surface area contributed by atoms with Gasteiger partial charge in [0.1, 0.15) is 0 Å². The van der Waals surface area contributed by atoms with Crippen LogP contribution >= 0.6 is 11.6 Å². The summed E-state index contributed by atoms with van der Waals surface area (Å²) < 4.78 is 1.54. The summed E-state index contributed by atoms with van der Waals surface area (Å²) in [6.45, 7) is 2.22. The third kappa shape index (κ3) is 2.53. The number of halogens is 1. The van der Waals surface area contributed by atoms with Crippen molar-refractivity contribution in [1.82, 2.24) is 19.5 Å². The van der Waals surface area contributed by atoms with Crippen molar-refractivity contribution in [1.29, 1.82) is 0 Å². The number of aromatic nitrogens is 4. The van der Waals surface area contributed by atoms with E-state index >= 15 is 0 Å². The van der Waals surface area contributed by atoms with Crippen molar-refractivity contribution in [2.45, 2.75) is 13.5 Å². The van der Waals surface area contributed by atoms with Crippen LogP contribution in [0.3, 0.4) is 0 Å². The van der Waals surface area contributed by atoms with Crippen LogP contribution in [0.5, 0.6) is 0 Å². The Bertz CT molecular complexity index is 1140. The fraction of sp³-hybridized carbons (Fsp3) is 0.111. The summed E-state index contributed by atoms with van der Waals surface area (Å²) in [6, 6.07) is 12.8. The smallest absolute Gasteiger partial charge is 0.261 e. The Balaban J connectivity index is 1.82. The lowest BCUT2D eigenvalue weighted by molar-refractivity contribution is 0.723. The van der Waals surface area contributed by atoms with E-state index in [1.54, 1.807) is 22.8 Å². The van der Waals surface area contributed by atoms with Crippen LogP contribution in [0.15, 0.2) is 53.6 Å². The molecule has 24 heavy (non-hydrogen) atoms. The molecule has 2 aromatic carbocycles. The molecule has 2 heterocycles. The first-order valence-electron chi connectivity index (χ1n) is 7.49. The highest BCUT2D eigenvalue weighted by atomic mass is 35.5. The standard InChI is InChI=1S/C18H13ClN4O/c1-11-17(22-15-5-3-2-4-14(15)21-11)9-23-10-20-16-8-12(19)6-7-13(16)18(23)24/h2-8,10H,9H2,1H3. The molecule has 0 radical (unpaired) electrons. The summed E-state index contributed by atoms with van der Waals surface area (Å²) in [5.41, 5.74) is 3.68. The Morgan fingerprint density at radius 1 is 1.04 bits per heavy atom. The molecule has 5 nitrogen and oxygen atoms in total. The number of para-hydroxylation sites is 2. The predicted octanol–water partition coefficient (Wildman–Crippen LogP) is 3.35. The van der Waals surface area contributed by atoms with Crippen molar-refractivity contribution in [2.24, 2.45) is 0 Å². The van der Waals surface area contributed by atoms with E-state index in [0.717, 1.165) is 22.4 Å². The zero-order valence-corrected chi connectivity index (χ0v) is 13.7. The van der Waals surface area contributed by atoms with Gasteiger partial charge in [-0.3, -0.25) is 9.36 Å². The molecule has 0 aliphatic heterocycles. The van der Waals surface area contributed by atoms with Gasteiger partial charge in [0.15, 0.2) is 0 Å². The van der Waals surface area contributed by atoms with E-state index in [1.165, 1.54) is 6.33 Å². The topological polar surface area (TPSA) is 60.7 Å². The van der Waals surface area contributed by atoms with Crippen molar-refractivity contribution >= 4 is 33.5 Å². The molecule has 2 aromatic heterocycles. The zero-order valence-electron chi connectivity index (χ0n) is 12.9. The number of hydrogen-bond acceptors (Lipinski definition) is 4. The monoisotopic (exact) mass is 336 g/mol. The van der Waals surface area contributed by atoms with Crippen LogP contribution < -0.4 is 5.56 Å². The highest BCUT2D eigenvalue weighted by molar-refractivity contribution is 6.31. The molecule has 118 valence electrons. The minimum absolute atomic E-state index is 0.119. The minimum Gasteiger partial charge on any atom is -0.293 e. The minimum atomic E-state index is -0.119. The second-order valence-electron chi connectivity index (χ2n) is 5.58. The quantitative estimate of drug-likeness (QED) is 0.563.